The molecule has 5 nitrogen and oxygen atoms in total. The zero-order valence-electron chi connectivity index (χ0n) is 13.0. The van der Waals surface area contributed by atoms with E-state index in [-0.39, 0.29) is 6.04 Å². The number of halogens is 1. The molecule has 4 rings (SSSR count). The second-order valence-electron chi connectivity index (χ2n) is 6.04. The molecular weight excluding hydrogens is 307 g/mol. The van der Waals surface area contributed by atoms with Gasteiger partial charge in [-0.05, 0) is 24.3 Å². The van der Waals surface area contributed by atoms with E-state index in [2.05, 4.69) is 4.99 Å². The summed E-state index contributed by atoms with van der Waals surface area (Å²) in [6.45, 7) is 1.33. The highest BCUT2D eigenvalue weighted by molar-refractivity contribution is 6.04. The van der Waals surface area contributed by atoms with Gasteiger partial charge in [-0.1, -0.05) is 24.3 Å². The maximum atomic E-state index is 14.4. The summed E-state index contributed by atoms with van der Waals surface area (Å²) in [6.07, 6.45) is 0.767. The molecule has 0 amide bonds. The monoisotopic (exact) mass is 324 g/mol. The van der Waals surface area contributed by atoms with Crippen LogP contribution in [-0.4, -0.2) is 36.3 Å². The molecule has 122 valence electrons. The number of aldehydes is 1. The normalized spacial score (nSPS) is 20.2. The maximum absolute atomic E-state index is 14.4. The standard InChI is InChI=1S/C18H17FN4O/c19-14-7-4-8-15-17(14)16(11-24)23(13-5-2-1-3-6-13)18(21-15)22-9-12(20)10-22/h1-8,11-12,16H,9-10,20H2. The number of carbonyl (C=O) groups excluding carboxylic acids is 1. The Balaban J connectivity index is 1.88. The lowest BCUT2D eigenvalue weighted by atomic mass is 10.00. The van der Waals surface area contributed by atoms with Crippen molar-refractivity contribution >= 4 is 23.6 Å². The Morgan fingerprint density at radius 1 is 1.12 bits per heavy atom. The summed E-state index contributed by atoms with van der Waals surface area (Å²) in [7, 11) is 0. The predicted octanol–water partition coefficient (Wildman–Crippen LogP) is 2.22. The van der Waals surface area contributed by atoms with Crippen molar-refractivity contribution in [2.24, 2.45) is 10.7 Å². The average Bonchev–Trinajstić information content (AvgIpc) is 2.58. The number of hydrogen-bond donors (Lipinski definition) is 1. The van der Waals surface area contributed by atoms with Crippen LogP contribution in [0.4, 0.5) is 15.8 Å². The Morgan fingerprint density at radius 3 is 2.54 bits per heavy atom. The SMILES string of the molecule is NC1CN(C2=Nc3cccc(F)c3C(C=O)N2c2ccccc2)C1. The maximum Gasteiger partial charge on any atom is 0.207 e. The number of guanidine groups is 1. The summed E-state index contributed by atoms with van der Waals surface area (Å²) in [5.74, 6) is 0.215. The van der Waals surface area contributed by atoms with Gasteiger partial charge in [0.05, 0.1) is 5.69 Å². The van der Waals surface area contributed by atoms with E-state index in [1.165, 1.54) is 6.07 Å². The van der Waals surface area contributed by atoms with E-state index >= 15 is 0 Å². The van der Waals surface area contributed by atoms with Crippen molar-refractivity contribution < 1.29 is 9.18 Å². The molecule has 2 aromatic carbocycles. The lowest BCUT2D eigenvalue weighted by molar-refractivity contribution is -0.109. The van der Waals surface area contributed by atoms with Crippen LogP contribution in [0, 0.1) is 5.82 Å². The first-order valence-corrected chi connectivity index (χ1v) is 7.86. The smallest absolute Gasteiger partial charge is 0.207 e. The van der Waals surface area contributed by atoms with Crippen LogP contribution in [0.2, 0.25) is 0 Å². The Hall–Kier alpha value is -2.73. The molecule has 2 aliphatic rings. The molecule has 2 heterocycles. The topological polar surface area (TPSA) is 61.9 Å². The molecule has 0 aromatic heterocycles. The van der Waals surface area contributed by atoms with Gasteiger partial charge in [-0.15, -0.1) is 0 Å². The molecule has 24 heavy (non-hydrogen) atoms. The van der Waals surface area contributed by atoms with E-state index in [0.29, 0.717) is 30.3 Å². The summed E-state index contributed by atoms with van der Waals surface area (Å²) in [4.78, 5) is 20.3. The first-order chi connectivity index (χ1) is 11.7. The van der Waals surface area contributed by atoms with Crippen LogP contribution < -0.4 is 10.6 Å². The summed E-state index contributed by atoms with van der Waals surface area (Å²) in [5.41, 5.74) is 7.50. The van der Waals surface area contributed by atoms with Crippen LogP contribution in [0.5, 0.6) is 0 Å². The molecule has 2 aromatic rings. The minimum atomic E-state index is -0.757. The van der Waals surface area contributed by atoms with Crippen LogP contribution in [0.1, 0.15) is 11.6 Å². The fourth-order valence-electron chi connectivity index (χ4n) is 3.22. The van der Waals surface area contributed by atoms with E-state index < -0.39 is 11.9 Å². The van der Waals surface area contributed by atoms with Gasteiger partial charge in [-0.3, -0.25) is 4.90 Å². The quantitative estimate of drug-likeness (QED) is 0.861. The Kier molecular flexibility index (Phi) is 3.54. The van der Waals surface area contributed by atoms with Crippen molar-refractivity contribution in [1.29, 1.82) is 0 Å². The molecule has 0 radical (unpaired) electrons. The number of aliphatic imine (C=N–C) groups is 1. The van der Waals surface area contributed by atoms with Crippen LogP contribution >= 0.6 is 0 Å². The van der Waals surface area contributed by atoms with Crippen LogP contribution in [0.15, 0.2) is 53.5 Å². The average molecular weight is 324 g/mol. The van der Waals surface area contributed by atoms with Gasteiger partial charge in [-0.2, -0.15) is 0 Å². The molecule has 0 saturated carbocycles. The number of likely N-dealkylation sites (tertiary alicyclic amines) is 1. The Morgan fingerprint density at radius 2 is 1.88 bits per heavy atom. The number of anilines is 1. The van der Waals surface area contributed by atoms with Gasteiger partial charge >= 0.3 is 0 Å². The lowest BCUT2D eigenvalue weighted by Crippen LogP contribution is -2.62. The molecule has 1 saturated heterocycles. The molecule has 1 unspecified atom stereocenters. The second-order valence-corrected chi connectivity index (χ2v) is 6.04. The number of hydrogen-bond acceptors (Lipinski definition) is 5. The molecule has 0 spiro atoms. The summed E-state index contributed by atoms with van der Waals surface area (Å²) in [6, 6.07) is 13.5. The Bertz CT molecular complexity index is 802. The first kappa shape index (κ1) is 14.8. The van der Waals surface area contributed by atoms with Crippen molar-refractivity contribution in [3.05, 3.63) is 59.9 Å². The van der Waals surface area contributed by atoms with Crippen LogP contribution in [0.3, 0.4) is 0 Å². The van der Waals surface area contributed by atoms with Gasteiger partial charge in [0.15, 0.2) is 0 Å². The third kappa shape index (κ3) is 2.27. The highest BCUT2D eigenvalue weighted by Crippen LogP contribution is 2.39. The zero-order chi connectivity index (χ0) is 16.7. The number of carbonyl (C=O) groups is 1. The van der Waals surface area contributed by atoms with Crippen molar-refractivity contribution in [1.82, 2.24) is 4.90 Å². The Labute approximate surface area is 139 Å². The van der Waals surface area contributed by atoms with Gasteiger partial charge in [0, 0.05) is 30.4 Å². The van der Waals surface area contributed by atoms with Crippen molar-refractivity contribution in [3.8, 4) is 0 Å². The van der Waals surface area contributed by atoms with Gasteiger partial charge in [-0.25, -0.2) is 9.38 Å². The third-order valence-electron chi connectivity index (χ3n) is 4.40. The van der Waals surface area contributed by atoms with E-state index in [9.17, 15) is 9.18 Å². The van der Waals surface area contributed by atoms with Crippen molar-refractivity contribution in [3.63, 3.8) is 0 Å². The molecule has 1 fully saturated rings. The predicted molar refractivity (Wildman–Crippen MR) is 90.8 cm³/mol. The van der Waals surface area contributed by atoms with Crippen molar-refractivity contribution in [2.45, 2.75) is 12.1 Å². The molecule has 1 atom stereocenters. The summed E-state index contributed by atoms with van der Waals surface area (Å²) >= 11 is 0. The number of fused-ring (bicyclic) bond motifs is 1. The number of nitrogens with two attached hydrogens (primary N) is 1. The third-order valence-corrected chi connectivity index (χ3v) is 4.40. The largest absolute Gasteiger partial charge is 0.339 e. The van der Waals surface area contributed by atoms with Crippen LogP contribution in [-0.2, 0) is 4.79 Å². The minimum absolute atomic E-state index is 0.0916. The number of benzene rings is 2. The van der Waals surface area contributed by atoms with Gasteiger partial charge < -0.3 is 15.4 Å². The molecule has 0 aliphatic carbocycles. The molecule has 0 bridgehead atoms. The summed E-state index contributed by atoms with van der Waals surface area (Å²) in [5, 5.41) is 0. The van der Waals surface area contributed by atoms with Gasteiger partial charge in [0.2, 0.25) is 5.96 Å². The van der Waals surface area contributed by atoms with Crippen LogP contribution in [0.25, 0.3) is 0 Å². The molecule has 2 N–H and O–H groups in total. The van der Waals surface area contributed by atoms with Gasteiger partial charge in [0.25, 0.3) is 0 Å². The van der Waals surface area contributed by atoms with E-state index in [1.54, 1.807) is 17.0 Å². The van der Waals surface area contributed by atoms with E-state index in [1.807, 2.05) is 35.2 Å². The van der Waals surface area contributed by atoms with E-state index in [0.717, 1.165) is 12.0 Å². The molecular formula is C18H17FN4O. The highest BCUT2D eigenvalue weighted by atomic mass is 19.1. The summed E-state index contributed by atoms with van der Waals surface area (Å²) < 4.78 is 14.4. The molecule has 2 aliphatic heterocycles. The fourth-order valence-corrected chi connectivity index (χ4v) is 3.22. The number of para-hydroxylation sites is 1. The first-order valence-electron chi connectivity index (χ1n) is 7.86. The highest BCUT2D eigenvalue weighted by Gasteiger charge is 2.38. The zero-order valence-corrected chi connectivity index (χ0v) is 13.0. The van der Waals surface area contributed by atoms with E-state index in [4.69, 9.17) is 5.73 Å². The molecule has 6 heteroatoms. The minimum Gasteiger partial charge on any atom is -0.339 e. The number of rotatable bonds is 2. The van der Waals surface area contributed by atoms with Crippen molar-refractivity contribution in [2.75, 3.05) is 18.0 Å². The lowest BCUT2D eigenvalue weighted by Gasteiger charge is -2.46. The fraction of sp³-hybridized carbons (Fsp3) is 0.222. The second kappa shape index (κ2) is 5.72. The van der Waals surface area contributed by atoms with Gasteiger partial charge in [0.1, 0.15) is 18.1 Å². The number of nitrogens with zero attached hydrogens (tertiary/aromatic N) is 3.